The normalized spacial score (nSPS) is 21.6. The molecule has 1 saturated carbocycles. The number of sulfonamides is 1. The number of carbonyl (C=O) groups is 1. The zero-order chi connectivity index (χ0) is 14.3. The highest BCUT2D eigenvalue weighted by Crippen LogP contribution is 2.38. The van der Waals surface area contributed by atoms with Crippen LogP contribution >= 0.6 is 0 Å². The van der Waals surface area contributed by atoms with Crippen LogP contribution in [0.4, 0.5) is 0 Å². The average molecular weight is 289 g/mol. The molecule has 4 nitrogen and oxygen atoms in total. The molecule has 20 heavy (non-hydrogen) atoms. The molecule has 1 aliphatic rings. The Morgan fingerprint density at radius 3 is 2.50 bits per heavy atom. The van der Waals surface area contributed by atoms with Crippen molar-refractivity contribution in [2.24, 2.45) is 11.8 Å². The highest BCUT2D eigenvalue weighted by molar-refractivity contribution is 7.90. The third-order valence-electron chi connectivity index (χ3n) is 3.72. The van der Waals surface area contributed by atoms with Crippen LogP contribution < -0.4 is 4.72 Å². The van der Waals surface area contributed by atoms with Crippen molar-refractivity contribution in [3.05, 3.63) is 42.5 Å². The molecule has 0 aliphatic heterocycles. The van der Waals surface area contributed by atoms with Gasteiger partial charge in [-0.1, -0.05) is 43.3 Å². The van der Waals surface area contributed by atoms with Crippen LogP contribution in [-0.2, 0) is 14.8 Å². The Morgan fingerprint density at radius 2 is 1.80 bits per heavy atom. The summed E-state index contributed by atoms with van der Waals surface area (Å²) in [5, 5.41) is 1.46. The highest BCUT2D eigenvalue weighted by Gasteiger charge is 2.40. The van der Waals surface area contributed by atoms with Gasteiger partial charge in [0.2, 0.25) is 5.91 Å². The molecule has 1 aliphatic carbocycles. The van der Waals surface area contributed by atoms with Crippen molar-refractivity contribution < 1.29 is 13.2 Å². The zero-order valence-corrected chi connectivity index (χ0v) is 11.9. The molecule has 1 N–H and O–H groups in total. The Labute approximate surface area is 117 Å². The smallest absolute Gasteiger partial charge is 0.264 e. The minimum absolute atomic E-state index is 0.150. The van der Waals surface area contributed by atoms with E-state index in [4.69, 9.17) is 0 Å². The van der Waals surface area contributed by atoms with Gasteiger partial charge in [-0.25, -0.2) is 13.1 Å². The van der Waals surface area contributed by atoms with Crippen LogP contribution in [0.3, 0.4) is 0 Å². The lowest BCUT2D eigenvalue weighted by Crippen LogP contribution is -2.32. The molecule has 0 bridgehead atoms. The largest absolute Gasteiger partial charge is 0.274 e. The number of nitrogens with one attached hydrogen (secondary N) is 1. The molecule has 2 aromatic rings. The second-order valence-electron chi connectivity index (χ2n) is 5.27. The van der Waals surface area contributed by atoms with Gasteiger partial charge in [0.1, 0.15) is 0 Å². The molecule has 3 rings (SSSR count). The molecule has 0 saturated heterocycles. The van der Waals surface area contributed by atoms with Gasteiger partial charge < -0.3 is 0 Å². The van der Waals surface area contributed by atoms with Crippen LogP contribution in [-0.4, -0.2) is 14.3 Å². The molecule has 104 valence electrons. The molecule has 0 heterocycles. The molecule has 1 amide bonds. The molecule has 2 aromatic carbocycles. The number of rotatable bonds is 3. The van der Waals surface area contributed by atoms with Crippen LogP contribution in [0.2, 0.25) is 0 Å². The number of benzene rings is 2. The lowest BCUT2D eigenvalue weighted by molar-refractivity contribution is -0.120. The van der Waals surface area contributed by atoms with Crippen molar-refractivity contribution in [2.45, 2.75) is 18.2 Å². The maximum atomic E-state index is 12.4. The molecular weight excluding hydrogens is 274 g/mol. The Morgan fingerprint density at radius 1 is 1.15 bits per heavy atom. The lowest BCUT2D eigenvalue weighted by atomic mass is 10.1. The summed E-state index contributed by atoms with van der Waals surface area (Å²) in [6.07, 6.45) is 0.761. The topological polar surface area (TPSA) is 63.2 Å². The van der Waals surface area contributed by atoms with Crippen molar-refractivity contribution in [1.29, 1.82) is 0 Å². The summed E-state index contributed by atoms with van der Waals surface area (Å²) >= 11 is 0. The number of hydrogen-bond acceptors (Lipinski definition) is 3. The minimum Gasteiger partial charge on any atom is -0.274 e. The predicted octanol–water partition coefficient (Wildman–Crippen LogP) is 2.30. The van der Waals surface area contributed by atoms with Gasteiger partial charge in [-0.15, -0.1) is 0 Å². The van der Waals surface area contributed by atoms with Gasteiger partial charge in [0, 0.05) is 11.3 Å². The van der Waals surface area contributed by atoms with Crippen LogP contribution in [0.5, 0.6) is 0 Å². The van der Waals surface area contributed by atoms with Crippen molar-refractivity contribution in [1.82, 2.24) is 4.72 Å². The first-order valence-corrected chi connectivity index (χ1v) is 8.02. The average Bonchev–Trinajstić information content (AvgIpc) is 3.15. The van der Waals surface area contributed by atoms with Crippen molar-refractivity contribution in [3.8, 4) is 0 Å². The maximum Gasteiger partial charge on any atom is 0.264 e. The summed E-state index contributed by atoms with van der Waals surface area (Å²) in [7, 11) is -3.81. The lowest BCUT2D eigenvalue weighted by Gasteiger charge is -2.09. The van der Waals surface area contributed by atoms with E-state index in [-0.39, 0.29) is 16.7 Å². The first-order valence-electron chi connectivity index (χ1n) is 6.53. The van der Waals surface area contributed by atoms with E-state index in [1.54, 1.807) is 18.2 Å². The standard InChI is InChI=1S/C15H15NO3S/c1-10-9-13(10)15(17)16-20(18,19)14-8-4-6-11-5-2-3-7-12(11)14/h2-8,10,13H,9H2,1H3,(H,16,17)/t10-,13-/m1/s1. The fraction of sp³-hybridized carbons (Fsp3) is 0.267. The van der Waals surface area contributed by atoms with Gasteiger partial charge in [0.25, 0.3) is 10.0 Å². The van der Waals surface area contributed by atoms with Gasteiger partial charge in [-0.05, 0) is 23.8 Å². The fourth-order valence-corrected chi connectivity index (χ4v) is 3.64. The maximum absolute atomic E-state index is 12.4. The SMILES string of the molecule is C[C@@H]1C[C@H]1C(=O)NS(=O)(=O)c1cccc2ccccc12. The Kier molecular flexibility index (Phi) is 3.01. The van der Waals surface area contributed by atoms with Gasteiger partial charge in [-0.2, -0.15) is 0 Å². The first-order chi connectivity index (χ1) is 9.49. The second kappa shape index (κ2) is 4.59. The molecule has 1 fully saturated rings. The molecule has 0 aromatic heterocycles. The summed E-state index contributed by atoms with van der Waals surface area (Å²) in [5.41, 5.74) is 0. The Hall–Kier alpha value is -1.88. The van der Waals surface area contributed by atoms with E-state index in [0.717, 1.165) is 11.8 Å². The van der Waals surface area contributed by atoms with E-state index in [2.05, 4.69) is 4.72 Å². The number of carbonyl (C=O) groups excluding carboxylic acids is 1. The Bertz CT molecular complexity index is 777. The van der Waals surface area contributed by atoms with Crippen LogP contribution in [0, 0.1) is 11.8 Å². The predicted molar refractivity (Wildman–Crippen MR) is 76.5 cm³/mol. The zero-order valence-electron chi connectivity index (χ0n) is 11.0. The Balaban J connectivity index is 1.99. The minimum atomic E-state index is -3.81. The molecule has 2 atom stereocenters. The quantitative estimate of drug-likeness (QED) is 0.943. The highest BCUT2D eigenvalue weighted by atomic mass is 32.2. The van der Waals surface area contributed by atoms with E-state index in [1.165, 1.54) is 6.07 Å². The van der Waals surface area contributed by atoms with Gasteiger partial charge in [0.15, 0.2) is 0 Å². The van der Waals surface area contributed by atoms with Crippen molar-refractivity contribution >= 4 is 26.7 Å². The number of fused-ring (bicyclic) bond motifs is 1. The fourth-order valence-electron chi connectivity index (χ4n) is 2.38. The summed E-state index contributed by atoms with van der Waals surface area (Å²) in [6, 6.07) is 12.3. The van der Waals surface area contributed by atoms with E-state index in [1.807, 2.05) is 25.1 Å². The van der Waals surface area contributed by atoms with E-state index in [0.29, 0.717) is 5.39 Å². The van der Waals surface area contributed by atoms with Crippen LogP contribution in [0.15, 0.2) is 47.4 Å². The third kappa shape index (κ3) is 2.29. The number of hydrogen-bond donors (Lipinski definition) is 1. The van der Waals surface area contributed by atoms with Crippen molar-refractivity contribution in [3.63, 3.8) is 0 Å². The molecule has 5 heteroatoms. The van der Waals surface area contributed by atoms with Gasteiger partial charge in [-0.3, -0.25) is 4.79 Å². The van der Waals surface area contributed by atoms with Crippen LogP contribution in [0.1, 0.15) is 13.3 Å². The van der Waals surface area contributed by atoms with Crippen LogP contribution in [0.25, 0.3) is 10.8 Å². The molecule has 0 spiro atoms. The summed E-state index contributed by atoms with van der Waals surface area (Å²) in [5.74, 6) is -0.289. The second-order valence-corrected chi connectivity index (χ2v) is 6.92. The monoisotopic (exact) mass is 289 g/mol. The summed E-state index contributed by atoms with van der Waals surface area (Å²) in [4.78, 5) is 12.0. The summed E-state index contributed by atoms with van der Waals surface area (Å²) < 4.78 is 26.9. The van der Waals surface area contributed by atoms with E-state index in [9.17, 15) is 13.2 Å². The molecule has 0 unspecified atom stereocenters. The molecular formula is C15H15NO3S. The number of amides is 1. The van der Waals surface area contributed by atoms with Gasteiger partial charge in [0.05, 0.1) is 4.90 Å². The van der Waals surface area contributed by atoms with Crippen molar-refractivity contribution in [2.75, 3.05) is 0 Å². The van der Waals surface area contributed by atoms with E-state index >= 15 is 0 Å². The van der Waals surface area contributed by atoms with Gasteiger partial charge >= 0.3 is 0 Å². The first kappa shape index (κ1) is 13.1. The molecule has 0 radical (unpaired) electrons. The van der Waals surface area contributed by atoms with E-state index < -0.39 is 15.9 Å². The third-order valence-corrected chi connectivity index (χ3v) is 5.13. The summed E-state index contributed by atoms with van der Waals surface area (Å²) in [6.45, 7) is 1.94.